The number of β-amino-alcohol motifs (C(OH)–C–C–N with tert-alkyl or cyclic N) is 1. The summed E-state index contributed by atoms with van der Waals surface area (Å²) in [7, 11) is 0. The van der Waals surface area contributed by atoms with E-state index in [-0.39, 0.29) is 12.6 Å². The molecule has 1 saturated heterocycles. The lowest BCUT2D eigenvalue weighted by atomic mass is 9.97. The number of halogens is 2. The van der Waals surface area contributed by atoms with Crippen molar-refractivity contribution in [3.8, 4) is 0 Å². The van der Waals surface area contributed by atoms with Gasteiger partial charge in [0.25, 0.3) is 0 Å². The van der Waals surface area contributed by atoms with Crippen molar-refractivity contribution in [2.75, 3.05) is 19.7 Å². The van der Waals surface area contributed by atoms with Gasteiger partial charge in [0.1, 0.15) is 0 Å². The number of benzene rings is 1. The second-order valence-electron chi connectivity index (χ2n) is 5.20. The minimum Gasteiger partial charge on any atom is -0.395 e. The van der Waals surface area contributed by atoms with Crippen LogP contribution in [0.5, 0.6) is 0 Å². The Morgan fingerprint density at radius 1 is 1.15 bits per heavy atom. The molecule has 0 aliphatic carbocycles. The number of hydrogen-bond donors (Lipinski definition) is 3. The number of nitrogens with zero attached hydrogens (tertiary/aromatic N) is 1. The number of hydrogen-bond acceptors (Lipinski definition) is 4. The van der Waals surface area contributed by atoms with Gasteiger partial charge in [-0.3, -0.25) is 4.90 Å². The molecule has 1 unspecified atom stereocenters. The maximum absolute atomic E-state index is 9.73. The van der Waals surface area contributed by atoms with Crippen molar-refractivity contribution in [2.24, 2.45) is 0 Å². The molecule has 1 aromatic carbocycles. The quantitative estimate of drug-likeness (QED) is 0.783. The fourth-order valence-electron chi connectivity index (χ4n) is 2.53. The van der Waals surface area contributed by atoms with Crippen molar-refractivity contribution in [3.63, 3.8) is 0 Å². The summed E-state index contributed by atoms with van der Waals surface area (Å²) in [5.41, 5.74) is 1.05. The topological polar surface area (TPSA) is 63.9 Å². The van der Waals surface area contributed by atoms with Gasteiger partial charge in [0.15, 0.2) is 0 Å². The van der Waals surface area contributed by atoms with E-state index < -0.39 is 12.2 Å². The van der Waals surface area contributed by atoms with Gasteiger partial charge in [-0.05, 0) is 30.5 Å². The third-order valence-corrected chi connectivity index (χ3v) is 4.52. The van der Waals surface area contributed by atoms with Crippen molar-refractivity contribution >= 4 is 23.2 Å². The van der Waals surface area contributed by atoms with E-state index in [1.165, 1.54) is 0 Å². The van der Waals surface area contributed by atoms with Gasteiger partial charge >= 0.3 is 0 Å². The predicted octanol–water partition coefficient (Wildman–Crippen LogP) is 1.32. The first-order chi connectivity index (χ1) is 9.51. The molecule has 1 aliphatic heterocycles. The van der Waals surface area contributed by atoms with E-state index in [9.17, 15) is 15.3 Å². The molecule has 0 radical (unpaired) electrons. The Kier molecular flexibility index (Phi) is 5.66. The van der Waals surface area contributed by atoms with Crippen molar-refractivity contribution in [2.45, 2.75) is 31.1 Å². The summed E-state index contributed by atoms with van der Waals surface area (Å²) in [5, 5.41) is 29.8. The minimum absolute atomic E-state index is 0.0227. The largest absolute Gasteiger partial charge is 0.395 e. The van der Waals surface area contributed by atoms with E-state index in [2.05, 4.69) is 0 Å². The molecule has 20 heavy (non-hydrogen) atoms. The molecule has 1 heterocycles. The highest BCUT2D eigenvalue weighted by molar-refractivity contribution is 6.42. The van der Waals surface area contributed by atoms with Crippen LogP contribution in [-0.4, -0.2) is 58.2 Å². The van der Waals surface area contributed by atoms with Gasteiger partial charge < -0.3 is 15.3 Å². The van der Waals surface area contributed by atoms with E-state index in [1.807, 2.05) is 17.0 Å². The second kappa shape index (κ2) is 7.07. The van der Waals surface area contributed by atoms with Crippen LogP contribution in [0.25, 0.3) is 0 Å². The molecule has 3 atom stereocenters. The molecule has 1 aliphatic rings. The van der Waals surface area contributed by atoms with E-state index in [0.29, 0.717) is 29.6 Å². The molecule has 2 rings (SSSR count). The zero-order valence-corrected chi connectivity index (χ0v) is 12.6. The van der Waals surface area contributed by atoms with Crippen LogP contribution >= 0.6 is 23.2 Å². The maximum Gasteiger partial charge on any atom is 0.0926 e. The molecule has 0 bridgehead atoms. The first-order valence-corrected chi connectivity index (χ1v) is 7.42. The van der Waals surface area contributed by atoms with Crippen LogP contribution in [0, 0.1) is 0 Å². The molecule has 0 spiro atoms. The lowest BCUT2D eigenvalue weighted by Crippen LogP contribution is -2.54. The Balaban J connectivity index is 1.96. The molecule has 3 N–H and O–H groups in total. The van der Waals surface area contributed by atoms with Crippen molar-refractivity contribution in [3.05, 3.63) is 33.8 Å². The second-order valence-corrected chi connectivity index (χ2v) is 6.01. The summed E-state index contributed by atoms with van der Waals surface area (Å²) in [6, 6.07) is 5.39. The standard InChI is InChI=1S/C14H19Cl2NO3/c15-11-2-1-9(5-12(11)16)3-4-17-7-14(20)13(19)6-10(17)8-18/h1-2,5,10,13-14,18-20H,3-4,6-8H2/t10-,13?,14+/m1/s1. The van der Waals surface area contributed by atoms with Crippen LogP contribution in [0.2, 0.25) is 10.0 Å². The average molecular weight is 320 g/mol. The van der Waals surface area contributed by atoms with E-state index in [0.717, 1.165) is 12.0 Å². The summed E-state index contributed by atoms with van der Waals surface area (Å²) >= 11 is 11.8. The van der Waals surface area contributed by atoms with Gasteiger partial charge in [0.05, 0.1) is 28.9 Å². The lowest BCUT2D eigenvalue weighted by Gasteiger charge is -2.39. The molecule has 112 valence electrons. The molecule has 0 aromatic heterocycles. The Bertz CT molecular complexity index is 458. The van der Waals surface area contributed by atoms with Crippen molar-refractivity contribution in [1.29, 1.82) is 0 Å². The van der Waals surface area contributed by atoms with Gasteiger partial charge in [-0.15, -0.1) is 0 Å². The third kappa shape index (κ3) is 3.85. The fourth-order valence-corrected chi connectivity index (χ4v) is 2.85. The van der Waals surface area contributed by atoms with Crippen LogP contribution in [0.3, 0.4) is 0 Å². The molecule has 1 aromatic rings. The minimum atomic E-state index is -0.758. The Morgan fingerprint density at radius 2 is 1.90 bits per heavy atom. The summed E-state index contributed by atoms with van der Waals surface area (Å²) in [4.78, 5) is 2.00. The van der Waals surface area contributed by atoms with Gasteiger partial charge in [0, 0.05) is 19.1 Å². The number of aliphatic hydroxyl groups is 3. The smallest absolute Gasteiger partial charge is 0.0926 e. The van der Waals surface area contributed by atoms with Crippen molar-refractivity contribution in [1.82, 2.24) is 4.90 Å². The Hall–Kier alpha value is -0.360. The van der Waals surface area contributed by atoms with Crippen LogP contribution in [0.1, 0.15) is 12.0 Å². The molecule has 0 amide bonds. The Labute approximate surface area is 128 Å². The van der Waals surface area contributed by atoms with E-state index in [1.54, 1.807) is 6.07 Å². The molecule has 4 nitrogen and oxygen atoms in total. The molecular weight excluding hydrogens is 301 g/mol. The molecular formula is C14H19Cl2NO3. The van der Waals surface area contributed by atoms with Gasteiger partial charge in [-0.2, -0.15) is 0 Å². The number of aliphatic hydroxyl groups excluding tert-OH is 3. The monoisotopic (exact) mass is 319 g/mol. The Morgan fingerprint density at radius 3 is 2.55 bits per heavy atom. The van der Waals surface area contributed by atoms with E-state index in [4.69, 9.17) is 23.2 Å². The van der Waals surface area contributed by atoms with Gasteiger partial charge in [-0.1, -0.05) is 29.3 Å². The lowest BCUT2D eigenvalue weighted by molar-refractivity contribution is -0.0703. The van der Waals surface area contributed by atoms with Gasteiger partial charge in [-0.25, -0.2) is 0 Å². The summed E-state index contributed by atoms with van der Waals surface area (Å²) in [6.07, 6.45) is -0.380. The highest BCUT2D eigenvalue weighted by atomic mass is 35.5. The van der Waals surface area contributed by atoms with Crippen LogP contribution < -0.4 is 0 Å². The predicted molar refractivity (Wildman–Crippen MR) is 79.2 cm³/mol. The number of likely N-dealkylation sites (tertiary alicyclic amines) is 1. The fraction of sp³-hybridized carbons (Fsp3) is 0.571. The van der Waals surface area contributed by atoms with Crippen molar-refractivity contribution < 1.29 is 15.3 Å². The maximum atomic E-state index is 9.73. The molecule has 0 saturated carbocycles. The third-order valence-electron chi connectivity index (χ3n) is 3.78. The zero-order chi connectivity index (χ0) is 14.7. The number of piperidine rings is 1. The number of rotatable bonds is 4. The highest BCUT2D eigenvalue weighted by Gasteiger charge is 2.32. The molecule has 6 heteroatoms. The van der Waals surface area contributed by atoms with E-state index >= 15 is 0 Å². The summed E-state index contributed by atoms with van der Waals surface area (Å²) < 4.78 is 0. The average Bonchev–Trinajstić information content (AvgIpc) is 2.43. The first-order valence-electron chi connectivity index (χ1n) is 6.66. The summed E-state index contributed by atoms with van der Waals surface area (Å²) in [5.74, 6) is 0. The summed E-state index contributed by atoms with van der Waals surface area (Å²) in [6.45, 7) is 1.03. The van der Waals surface area contributed by atoms with Crippen LogP contribution in [-0.2, 0) is 6.42 Å². The highest BCUT2D eigenvalue weighted by Crippen LogP contribution is 2.24. The van der Waals surface area contributed by atoms with Crippen LogP contribution in [0.4, 0.5) is 0 Å². The first kappa shape index (κ1) is 16.0. The van der Waals surface area contributed by atoms with Gasteiger partial charge in [0.2, 0.25) is 0 Å². The SMILES string of the molecule is OC[C@H]1CC(O)[C@@H](O)CN1CCc1ccc(Cl)c(Cl)c1. The normalized spacial score (nSPS) is 27.8. The molecule has 1 fully saturated rings. The van der Waals surface area contributed by atoms with Crippen LogP contribution in [0.15, 0.2) is 18.2 Å². The zero-order valence-electron chi connectivity index (χ0n) is 11.0.